The maximum absolute atomic E-state index is 11.5. The fourth-order valence-electron chi connectivity index (χ4n) is 1.07. The van der Waals surface area contributed by atoms with E-state index in [0.29, 0.717) is 11.4 Å². The SMILES string of the molecule is CON(C)S(=O)(=O)CCOc1ccc(N)cc1. The van der Waals surface area contributed by atoms with Crippen LogP contribution >= 0.6 is 0 Å². The summed E-state index contributed by atoms with van der Waals surface area (Å²) >= 11 is 0. The van der Waals surface area contributed by atoms with E-state index >= 15 is 0 Å². The van der Waals surface area contributed by atoms with E-state index in [2.05, 4.69) is 4.84 Å². The Balaban J connectivity index is 2.45. The van der Waals surface area contributed by atoms with Gasteiger partial charge >= 0.3 is 0 Å². The highest BCUT2D eigenvalue weighted by Gasteiger charge is 2.17. The van der Waals surface area contributed by atoms with Gasteiger partial charge in [-0.15, -0.1) is 0 Å². The Morgan fingerprint density at radius 2 is 1.88 bits per heavy atom. The molecule has 1 aromatic carbocycles. The van der Waals surface area contributed by atoms with Gasteiger partial charge in [0.2, 0.25) is 10.0 Å². The average Bonchev–Trinajstić information content (AvgIpc) is 2.30. The third-order valence-electron chi connectivity index (χ3n) is 2.14. The molecule has 0 atom stereocenters. The number of rotatable bonds is 6. The monoisotopic (exact) mass is 260 g/mol. The Labute approximate surface area is 101 Å². The minimum atomic E-state index is -3.43. The van der Waals surface area contributed by atoms with Crippen LogP contribution in [-0.2, 0) is 14.9 Å². The summed E-state index contributed by atoms with van der Waals surface area (Å²) in [4.78, 5) is 4.61. The second-order valence-corrected chi connectivity index (χ2v) is 5.41. The van der Waals surface area contributed by atoms with Crippen molar-refractivity contribution in [2.75, 3.05) is 32.3 Å². The van der Waals surface area contributed by atoms with Gasteiger partial charge in [-0.05, 0) is 24.3 Å². The Morgan fingerprint density at radius 3 is 2.41 bits per heavy atom. The number of sulfonamides is 1. The number of anilines is 1. The molecule has 0 amide bonds. The molecule has 2 N–H and O–H groups in total. The molecule has 0 radical (unpaired) electrons. The quantitative estimate of drug-likeness (QED) is 0.594. The largest absolute Gasteiger partial charge is 0.492 e. The van der Waals surface area contributed by atoms with Crippen molar-refractivity contribution in [3.05, 3.63) is 24.3 Å². The third-order valence-corrected chi connectivity index (χ3v) is 3.75. The van der Waals surface area contributed by atoms with Crippen molar-refractivity contribution in [2.45, 2.75) is 0 Å². The molecule has 0 saturated carbocycles. The molecule has 96 valence electrons. The Hall–Kier alpha value is -1.31. The van der Waals surface area contributed by atoms with E-state index in [1.165, 1.54) is 14.2 Å². The van der Waals surface area contributed by atoms with E-state index in [0.717, 1.165) is 4.47 Å². The summed E-state index contributed by atoms with van der Waals surface area (Å²) in [5, 5.41) is 0. The van der Waals surface area contributed by atoms with Crippen LogP contribution in [0.4, 0.5) is 5.69 Å². The molecule has 7 heteroatoms. The lowest BCUT2D eigenvalue weighted by molar-refractivity contribution is -0.0260. The molecule has 6 nitrogen and oxygen atoms in total. The van der Waals surface area contributed by atoms with Gasteiger partial charge in [-0.2, -0.15) is 0 Å². The van der Waals surface area contributed by atoms with Crippen molar-refractivity contribution < 1.29 is 18.0 Å². The van der Waals surface area contributed by atoms with E-state index in [4.69, 9.17) is 10.5 Å². The topological polar surface area (TPSA) is 81.9 Å². The first kappa shape index (κ1) is 13.8. The first-order chi connectivity index (χ1) is 7.95. The van der Waals surface area contributed by atoms with E-state index < -0.39 is 10.0 Å². The molecule has 0 bridgehead atoms. The standard InChI is InChI=1S/C10H16N2O4S/c1-12(15-2)17(13,14)8-7-16-10-5-3-9(11)4-6-10/h3-6H,7-8,11H2,1-2H3. The van der Waals surface area contributed by atoms with Crippen LogP contribution in [-0.4, -0.2) is 39.4 Å². The van der Waals surface area contributed by atoms with E-state index in [1.54, 1.807) is 24.3 Å². The van der Waals surface area contributed by atoms with Crippen molar-refractivity contribution in [2.24, 2.45) is 0 Å². The molecule has 17 heavy (non-hydrogen) atoms. The highest BCUT2D eigenvalue weighted by Crippen LogP contribution is 2.13. The van der Waals surface area contributed by atoms with E-state index in [1.807, 2.05) is 0 Å². The van der Waals surface area contributed by atoms with Crippen LogP contribution in [0.15, 0.2) is 24.3 Å². The molecule has 0 unspecified atom stereocenters. The van der Waals surface area contributed by atoms with Gasteiger partial charge in [0.15, 0.2) is 0 Å². The molecule has 0 spiro atoms. The van der Waals surface area contributed by atoms with Crippen molar-refractivity contribution in [1.29, 1.82) is 0 Å². The number of hydrogen-bond acceptors (Lipinski definition) is 5. The Morgan fingerprint density at radius 1 is 1.29 bits per heavy atom. The predicted molar refractivity (Wildman–Crippen MR) is 64.9 cm³/mol. The van der Waals surface area contributed by atoms with Crippen molar-refractivity contribution in [1.82, 2.24) is 4.47 Å². The normalized spacial score (nSPS) is 11.7. The van der Waals surface area contributed by atoms with Crippen LogP contribution in [0.5, 0.6) is 5.75 Å². The summed E-state index contributed by atoms with van der Waals surface area (Å²) in [6.45, 7) is 0.0555. The van der Waals surface area contributed by atoms with Gasteiger partial charge in [-0.25, -0.2) is 8.42 Å². The van der Waals surface area contributed by atoms with Gasteiger partial charge in [-0.1, -0.05) is 4.47 Å². The van der Waals surface area contributed by atoms with Gasteiger partial charge in [0.05, 0.1) is 7.11 Å². The van der Waals surface area contributed by atoms with Crippen molar-refractivity contribution in [3.8, 4) is 5.75 Å². The number of ether oxygens (including phenoxy) is 1. The fraction of sp³-hybridized carbons (Fsp3) is 0.400. The number of hydroxylamine groups is 1. The molecule has 0 saturated heterocycles. The predicted octanol–water partition coefficient (Wildman–Crippen LogP) is 0.471. The van der Waals surface area contributed by atoms with Crippen LogP contribution in [0.1, 0.15) is 0 Å². The summed E-state index contributed by atoms with van der Waals surface area (Å²) in [6.07, 6.45) is 0. The second-order valence-electron chi connectivity index (χ2n) is 3.33. The van der Waals surface area contributed by atoms with Gasteiger partial charge in [0, 0.05) is 12.7 Å². The fourth-order valence-corrected chi connectivity index (χ4v) is 1.85. The van der Waals surface area contributed by atoms with E-state index in [9.17, 15) is 8.42 Å². The number of benzene rings is 1. The van der Waals surface area contributed by atoms with Crippen LogP contribution in [0, 0.1) is 0 Å². The van der Waals surface area contributed by atoms with Crippen LogP contribution in [0.25, 0.3) is 0 Å². The summed E-state index contributed by atoms with van der Waals surface area (Å²) in [5.74, 6) is 0.427. The average molecular weight is 260 g/mol. The van der Waals surface area contributed by atoms with Crippen molar-refractivity contribution >= 4 is 15.7 Å². The summed E-state index contributed by atoms with van der Waals surface area (Å²) < 4.78 is 29.1. The molecule has 0 aliphatic heterocycles. The molecule has 1 aromatic rings. The minimum absolute atomic E-state index is 0.0555. The number of nitrogens with two attached hydrogens (primary N) is 1. The molecule has 0 fully saturated rings. The zero-order valence-corrected chi connectivity index (χ0v) is 10.6. The summed E-state index contributed by atoms with van der Waals surface area (Å²) in [5.41, 5.74) is 6.14. The van der Waals surface area contributed by atoms with Crippen LogP contribution < -0.4 is 10.5 Å². The summed E-state index contributed by atoms with van der Waals surface area (Å²) in [6, 6.07) is 6.74. The van der Waals surface area contributed by atoms with Crippen molar-refractivity contribution in [3.63, 3.8) is 0 Å². The molecular weight excluding hydrogens is 244 g/mol. The highest BCUT2D eigenvalue weighted by atomic mass is 32.2. The van der Waals surface area contributed by atoms with Gasteiger partial charge in [0.1, 0.15) is 18.1 Å². The molecule has 0 aliphatic rings. The Bertz CT molecular complexity index is 444. The molecule has 1 rings (SSSR count). The first-order valence-corrected chi connectivity index (χ1v) is 6.55. The lowest BCUT2D eigenvalue weighted by Crippen LogP contribution is -2.30. The van der Waals surface area contributed by atoms with E-state index in [-0.39, 0.29) is 12.4 Å². The van der Waals surface area contributed by atoms with Gasteiger partial charge < -0.3 is 10.5 Å². The third kappa shape index (κ3) is 4.22. The highest BCUT2D eigenvalue weighted by molar-refractivity contribution is 7.88. The zero-order valence-electron chi connectivity index (χ0n) is 9.79. The lowest BCUT2D eigenvalue weighted by Gasteiger charge is -2.14. The number of hydrogen-bond donors (Lipinski definition) is 1. The zero-order chi connectivity index (χ0) is 12.9. The number of nitrogens with zero attached hydrogens (tertiary/aromatic N) is 1. The molecule has 0 aromatic heterocycles. The minimum Gasteiger partial charge on any atom is -0.492 e. The summed E-state index contributed by atoms with van der Waals surface area (Å²) in [7, 11) is -0.805. The maximum Gasteiger partial charge on any atom is 0.239 e. The van der Waals surface area contributed by atoms with Gasteiger partial charge in [0.25, 0.3) is 0 Å². The maximum atomic E-state index is 11.5. The van der Waals surface area contributed by atoms with Crippen LogP contribution in [0.2, 0.25) is 0 Å². The number of nitrogen functional groups attached to an aromatic ring is 1. The molecule has 0 aliphatic carbocycles. The smallest absolute Gasteiger partial charge is 0.239 e. The first-order valence-electron chi connectivity index (χ1n) is 4.95. The molecule has 0 heterocycles. The van der Waals surface area contributed by atoms with Gasteiger partial charge in [-0.3, -0.25) is 4.84 Å². The lowest BCUT2D eigenvalue weighted by atomic mass is 10.3. The van der Waals surface area contributed by atoms with Crippen LogP contribution in [0.3, 0.4) is 0 Å². The second kappa shape index (κ2) is 5.85. The Kier molecular flexibility index (Phi) is 4.73. The molecular formula is C10H16N2O4S.